The van der Waals surface area contributed by atoms with Gasteiger partial charge in [0.25, 0.3) is 0 Å². The number of hydrogen-bond acceptors (Lipinski definition) is 6. The van der Waals surface area contributed by atoms with Crippen molar-refractivity contribution >= 4 is 34.7 Å². The standard InChI is InChI=1S/C21H23ClN6/c1-2-28(18-8-4-3-5-9-18)20-16-23-25-21(24-20)27-13-11-26(12-14-27)19-10-6-7-17(22)15-19/h3-10,15-16H,2,11-14H2,1H3. The molecule has 0 radical (unpaired) electrons. The van der Waals surface area contributed by atoms with Gasteiger partial charge < -0.3 is 14.7 Å². The number of rotatable bonds is 5. The molecule has 1 fully saturated rings. The van der Waals surface area contributed by atoms with Gasteiger partial charge in [-0.2, -0.15) is 10.1 Å². The molecule has 2 aromatic carbocycles. The first-order valence-corrected chi connectivity index (χ1v) is 9.90. The molecule has 3 aromatic rings. The van der Waals surface area contributed by atoms with Crippen molar-refractivity contribution in [2.45, 2.75) is 6.92 Å². The molecule has 0 bridgehead atoms. The van der Waals surface area contributed by atoms with E-state index in [0.29, 0.717) is 5.95 Å². The van der Waals surface area contributed by atoms with E-state index in [2.05, 4.69) is 50.0 Å². The number of hydrogen-bond donors (Lipinski definition) is 0. The van der Waals surface area contributed by atoms with Gasteiger partial charge in [0.05, 0.1) is 6.20 Å². The summed E-state index contributed by atoms with van der Waals surface area (Å²) in [7, 11) is 0. The summed E-state index contributed by atoms with van der Waals surface area (Å²) in [6.07, 6.45) is 1.72. The molecule has 0 spiro atoms. The predicted molar refractivity (Wildman–Crippen MR) is 115 cm³/mol. The maximum absolute atomic E-state index is 6.13. The molecule has 0 amide bonds. The molecule has 1 aromatic heterocycles. The zero-order chi connectivity index (χ0) is 19.3. The van der Waals surface area contributed by atoms with Crippen LogP contribution in [0.2, 0.25) is 5.02 Å². The average Bonchev–Trinajstić information content (AvgIpc) is 2.75. The van der Waals surface area contributed by atoms with Crippen molar-refractivity contribution in [3.05, 3.63) is 65.8 Å². The maximum atomic E-state index is 6.13. The number of halogens is 1. The highest BCUT2D eigenvalue weighted by Gasteiger charge is 2.21. The fourth-order valence-electron chi connectivity index (χ4n) is 3.47. The van der Waals surface area contributed by atoms with Crippen molar-refractivity contribution < 1.29 is 0 Å². The van der Waals surface area contributed by atoms with E-state index in [1.165, 1.54) is 0 Å². The van der Waals surface area contributed by atoms with Gasteiger partial charge in [-0.05, 0) is 37.3 Å². The second-order valence-electron chi connectivity index (χ2n) is 6.65. The minimum Gasteiger partial charge on any atom is -0.368 e. The fraction of sp³-hybridized carbons (Fsp3) is 0.286. The zero-order valence-corrected chi connectivity index (χ0v) is 16.6. The lowest BCUT2D eigenvalue weighted by atomic mass is 10.2. The van der Waals surface area contributed by atoms with Gasteiger partial charge in [-0.1, -0.05) is 35.9 Å². The Hall–Kier alpha value is -2.86. The topological polar surface area (TPSA) is 48.4 Å². The molecule has 144 valence electrons. The Labute approximate surface area is 170 Å². The molecule has 0 N–H and O–H groups in total. The molecule has 6 nitrogen and oxygen atoms in total. The van der Waals surface area contributed by atoms with Crippen LogP contribution in [-0.2, 0) is 0 Å². The van der Waals surface area contributed by atoms with E-state index in [0.717, 1.165) is 54.9 Å². The summed E-state index contributed by atoms with van der Waals surface area (Å²) in [5, 5.41) is 9.26. The Kier molecular flexibility index (Phi) is 5.58. The number of para-hydroxylation sites is 1. The lowest BCUT2D eigenvalue weighted by Gasteiger charge is -2.36. The highest BCUT2D eigenvalue weighted by Crippen LogP contribution is 2.25. The molecule has 2 heterocycles. The Bertz CT molecular complexity index is 912. The minimum absolute atomic E-state index is 0.678. The van der Waals surface area contributed by atoms with Crippen molar-refractivity contribution in [1.82, 2.24) is 15.2 Å². The number of nitrogens with zero attached hydrogens (tertiary/aromatic N) is 6. The van der Waals surface area contributed by atoms with Crippen molar-refractivity contribution in [1.29, 1.82) is 0 Å². The SMILES string of the molecule is CCN(c1ccccc1)c1cnnc(N2CCN(c3cccc(Cl)c3)CC2)n1. The summed E-state index contributed by atoms with van der Waals surface area (Å²) in [6.45, 7) is 6.39. The molecule has 1 aliphatic heterocycles. The number of benzene rings is 2. The van der Waals surface area contributed by atoms with Crippen LogP contribution in [0.4, 0.5) is 23.1 Å². The summed E-state index contributed by atoms with van der Waals surface area (Å²) in [6, 6.07) is 18.2. The van der Waals surface area contributed by atoms with Crippen LogP contribution in [0.5, 0.6) is 0 Å². The van der Waals surface area contributed by atoms with Gasteiger partial charge in [-0.15, -0.1) is 5.10 Å². The molecule has 7 heteroatoms. The van der Waals surface area contributed by atoms with Crippen molar-refractivity contribution in [2.75, 3.05) is 47.4 Å². The summed E-state index contributed by atoms with van der Waals surface area (Å²) in [4.78, 5) is 11.5. The molecule has 0 atom stereocenters. The average molecular weight is 395 g/mol. The third-order valence-corrected chi connectivity index (χ3v) is 5.17. The minimum atomic E-state index is 0.678. The Balaban J connectivity index is 1.48. The molecule has 0 aliphatic carbocycles. The van der Waals surface area contributed by atoms with Crippen LogP contribution in [0.25, 0.3) is 0 Å². The Morgan fingerprint density at radius 2 is 1.71 bits per heavy atom. The first-order valence-electron chi connectivity index (χ1n) is 9.52. The summed E-state index contributed by atoms with van der Waals surface area (Å²) in [5.74, 6) is 1.49. The van der Waals surface area contributed by atoms with Gasteiger partial charge in [-0.3, -0.25) is 0 Å². The first-order chi connectivity index (χ1) is 13.7. The van der Waals surface area contributed by atoms with Crippen molar-refractivity contribution in [2.24, 2.45) is 0 Å². The van der Waals surface area contributed by atoms with Gasteiger partial charge in [0.15, 0.2) is 5.82 Å². The van der Waals surface area contributed by atoms with Crippen LogP contribution in [-0.4, -0.2) is 47.9 Å². The molecule has 0 unspecified atom stereocenters. The van der Waals surface area contributed by atoms with Gasteiger partial charge in [0.1, 0.15) is 0 Å². The van der Waals surface area contributed by atoms with E-state index in [1.54, 1.807) is 6.20 Å². The van der Waals surface area contributed by atoms with Gasteiger partial charge in [0, 0.05) is 49.1 Å². The Morgan fingerprint density at radius 1 is 0.964 bits per heavy atom. The van der Waals surface area contributed by atoms with Crippen LogP contribution in [0.3, 0.4) is 0 Å². The van der Waals surface area contributed by atoms with Crippen LogP contribution in [0, 0.1) is 0 Å². The van der Waals surface area contributed by atoms with Gasteiger partial charge >= 0.3 is 0 Å². The van der Waals surface area contributed by atoms with E-state index in [9.17, 15) is 0 Å². The molecule has 1 aliphatic rings. The third kappa shape index (κ3) is 4.02. The molecule has 28 heavy (non-hydrogen) atoms. The number of anilines is 4. The smallest absolute Gasteiger partial charge is 0.247 e. The van der Waals surface area contributed by atoms with Gasteiger partial charge in [0.2, 0.25) is 5.95 Å². The monoisotopic (exact) mass is 394 g/mol. The molecular weight excluding hydrogens is 372 g/mol. The summed E-state index contributed by atoms with van der Waals surface area (Å²) < 4.78 is 0. The van der Waals surface area contributed by atoms with E-state index in [4.69, 9.17) is 16.6 Å². The van der Waals surface area contributed by atoms with E-state index in [-0.39, 0.29) is 0 Å². The third-order valence-electron chi connectivity index (χ3n) is 4.93. The summed E-state index contributed by atoms with van der Waals surface area (Å²) in [5.41, 5.74) is 2.25. The Morgan fingerprint density at radius 3 is 2.43 bits per heavy atom. The highest BCUT2D eigenvalue weighted by molar-refractivity contribution is 6.30. The lowest BCUT2D eigenvalue weighted by molar-refractivity contribution is 0.634. The lowest BCUT2D eigenvalue weighted by Crippen LogP contribution is -2.47. The van der Waals surface area contributed by atoms with Crippen LogP contribution < -0.4 is 14.7 Å². The second-order valence-corrected chi connectivity index (χ2v) is 7.08. The van der Waals surface area contributed by atoms with Crippen molar-refractivity contribution in [3.63, 3.8) is 0 Å². The first kappa shape index (κ1) is 18.5. The van der Waals surface area contributed by atoms with Crippen molar-refractivity contribution in [3.8, 4) is 0 Å². The molecule has 1 saturated heterocycles. The van der Waals surface area contributed by atoms with E-state index >= 15 is 0 Å². The predicted octanol–water partition coefficient (Wildman–Crippen LogP) is 4.01. The zero-order valence-electron chi connectivity index (χ0n) is 15.9. The summed E-state index contributed by atoms with van der Waals surface area (Å²) >= 11 is 6.13. The number of aromatic nitrogens is 3. The van der Waals surface area contributed by atoms with E-state index in [1.807, 2.05) is 36.4 Å². The molecule has 4 rings (SSSR count). The number of piperazine rings is 1. The highest BCUT2D eigenvalue weighted by atomic mass is 35.5. The second kappa shape index (κ2) is 8.44. The molecular formula is C21H23ClN6. The fourth-order valence-corrected chi connectivity index (χ4v) is 3.66. The van der Waals surface area contributed by atoms with Gasteiger partial charge in [-0.25, -0.2) is 0 Å². The van der Waals surface area contributed by atoms with Crippen LogP contribution >= 0.6 is 11.6 Å². The van der Waals surface area contributed by atoms with Crippen LogP contribution in [0.15, 0.2) is 60.8 Å². The maximum Gasteiger partial charge on any atom is 0.247 e. The quantitative estimate of drug-likeness (QED) is 0.651. The van der Waals surface area contributed by atoms with E-state index < -0.39 is 0 Å². The largest absolute Gasteiger partial charge is 0.368 e. The van der Waals surface area contributed by atoms with Crippen LogP contribution in [0.1, 0.15) is 6.92 Å². The normalized spacial score (nSPS) is 14.2. The molecule has 0 saturated carbocycles.